The number of alkyl halides is 12. The maximum absolute atomic E-state index is 13.1. The maximum atomic E-state index is 13.1. The van der Waals surface area contributed by atoms with Gasteiger partial charge in [0.25, 0.3) is 0 Å². The summed E-state index contributed by atoms with van der Waals surface area (Å²) >= 11 is -0.326. The fraction of sp³-hybridized carbons (Fsp3) is 0.250. The molecule has 16 heteroatoms. The minimum atomic E-state index is -4.86. The van der Waals surface area contributed by atoms with Gasteiger partial charge in [-0.25, -0.2) is 0 Å². The summed E-state index contributed by atoms with van der Waals surface area (Å²) in [5.74, 6) is 4.50. The third-order valence-electron chi connectivity index (χ3n) is 8.23. The van der Waals surface area contributed by atoms with Crippen LogP contribution in [0.15, 0.2) is 97.1 Å². The van der Waals surface area contributed by atoms with Crippen molar-refractivity contribution in [3.8, 4) is 22.3 Å². The van der Waals surface area contributed by atoms with Gasteiger partial charge in [0.1, 0.15) is 0 Å². The average Bonchev–Trinajstić information content (AvgIpc) is 3.75. The molecule has 0 aliphatic carbocycles. The van der Waals surface area contributed by atoms with Crippen LogP contribution in [0.1, 0.15) is 47.2 Å². The summed E-state index contributed by atoms with van der Waals surface area (Å²) in [5, 5.41) is 2.87. The molecule has 0 unspecified atom stereocenters. The molecule has 0 bridgehead atoms. The van der Waals surface area contributed by atoms with Gasteiger partial charge in [-0.05, 0) is 60.4 Å². The van der Waals surface area contributed by atoms with Crippen molar-refractivity contribution in [1.29, 1.82) is 0 Å². The normalized spacial score (nSPS) is 11.9. The van der Waals surface area contributed by atoms with Crippen LogP contribution in [0.2, 0.25) is 11.5 Å². The second-order valence-corrected chi connectivity index (χ2v) is 18.0. The van der Waals surface area contributed by atoms with E-state index in [4.69, 9.17) is 17.0 Å². The fourth-order valence-electron chi connectivity index (χ4n) is 5.73. The van der Waals surface area contributed by atoms with Crippen LogP contribution in [-0.2, 0) is 58.4 Å². The quantitative estimate of drug-likeness (QED) is 0.0938. The molecular formula is C40H32Cl2F12GeZr. The zero-order chi connectivity index (χ0) is 42.2. The number of rotatable bonds is 4. The van der Waals surface area contributed by atoms with Crippen LogP contribution >= 0.6 is 17.0 Å². The molecule has 6 aromatic rings. The first kappa shape index (κ1) is 47.6. The van der Waals surface area contributed by atoms with E-state index in [1.165, 1.54) is 12.1 Å². The predicted molar refractivity (Wildman–Crippen MR) is 198 cm³/mol. The average molecular weight is 975 g/mol. The van der Waals surface area contributed by atoms with E-state index < -0.39 is 67.8 Å². The molecule has 56 heavy (non-hydrogen) atoms. The van der Waals surface area contributed by atoms with Crippen molar-refractivity contribution >= 4 is 54.0 Å². The molecule has 0 saturated carbocycles. The summed E-state index contributed by atoms with van der Waals surface area (Å²) in [7, 11) is 9.87. The molecule has 6 rings (SSSR count). The van der Waals surface area contributed by atoms with Crippen molar-refractivity contribution in [3.05, 3.63) is 130 Å². The fourth-order valence-corrected chi connectivity index (χ4v) is 5.73. The molecule has 0 nitrogen and oxygen atoms in total. The van der Waals surface area contributed by atoms with Crippen LogP contribution in [0.25, 0.3) is 43.8 Å². The third kappa shape index (κ3) is 12.6. The Hall–Kier alpha value is -2.73. The molecule has 0 amide bonds. The van der Waals surface area contributed by atoms with Gasteiger partial charge in [-0.3, -0.25) is 0 Å². The summed E-state index contributed by atoms with van der Waals surface area (Å²) in [6, 6.07) is 20.6. The van der Waals surface area contributed by atoms with Crippen LogP contribution < -0.4 is 0 Å². The molecule has 2 radical (unpaired) electrons. The number of fused-ring (bicyclic) bond motifs is 2. The summed E-state index contributed by atoms with van der Waals surface area (Å²) in [6.45, 7) is 3.86. The van der Waals surface area contributed by atoms with Crippen LogP contribution in [0.3, 0.4) is 0 Å². The molecule has 0 aliphatic rings. The molecule has 0 fully saturated rings. The first-order chi connectivity index (χ1) is 26.0. The van der Waals surface area contributed by atoms with Gasteiger partial charge < -0.3 is 0 Å². The van der Waals surface area contributed by atoms with Gasteiger partial charge in [-0.1, -0.05) is 37.1 Å². The second kappa shape index (κ2) is 19.8. The number of aryl methyl sites for hydroxylation is 2. The van der Waals surface area contributed by atoms with Crippen molar-refractivity contribution < 1.29 is 73.5 Å². The Balaban J connectivity index is 0.000000264. The molecule has 0 spiro atoms. The van der Waals surface area contributed by atoms with Crippen molar-refractivity contribution in [3.63, 3.8) is 0 Å². The Kier molecular flexibility index (Phi) is 16.9. The Morgan fingerprint density at radius 2 is 0.768 bits per heavy atom. The number of benzene rings is 4. The summed E-state index contributed by atoms with van der Waals surface area (Å²) in [4.78, 5) is 0. The zero-order valence-electron chi connectivity index (χ0n) is 29.9. The summed E-state index contributed by atoms with van der Waals surface area (Å²) < 4.78 is 157. The zero-order valence-corrected chi connectivity index (χ0v) is 36.0. The Morgan fingerprint density at radius 1 is 0.500 bits per heavy atom. The Bertz CT molecular complexity index is 1970. The molecule has 298 valence electrons. The van der Waals surface area contributed by atoms with Crippen LogP contribution in [-0.4, -0.2) is 15.4 Å². The summed E-state index contributed by atoms with van der Waals surface area (Å²) in [6.07, 6.45) is -18.0. The molecule has 0 N–H and O–H groups in total. The van der Waals surface area contributed by atoms with Crippen molar-refractivity contribution in [2.45, 2.75) is 62.9 Å². The van der Waals surface area contributed by atoms with E-state index in [-0.39, 0.29) is 23.3 Å². The molecule has 0 heterocycles. The first-order valence-corrected chi connectivity index (χ1v) is 27.1. The molecule has 0 saturated heterocycles. The molecule has 0 aromatic heterocycles. The number of halogens is 14. The van der Waals surface area contributed by atoms with E-state index in [0.29, 0.717) is 37.3 Å². The van der Waals surface area contributed by atoms with Gasteiger partial charge in [-0.2, -0.15) is 64.8 Å². The Labute approximate surface area is 341 Å². The monoisotopic (exact) mass is 974 g/mol. The van der Waals surface area contributed by atoms with Crippen molar-refractivity contribution in [1.82, 2.24) is 0 Å². The van der Waals surface area contributed by atoms with Gasteiger partial charge in [-0.15, -0.1) is 69.1 Å². The molecule has 6 aromatic carbocycles. The van der Waals surface area contributed by atoms with E-state index in [1.807, 2.05) is 26.0 Å². The predicted octanol–water partition coefficient (Wildman–Crippen LogP) is 15.8. The molecule has 0 atom stereocenters. The first-order valence-electron chi connectivity index (χ1n) is 16.5. The van der Waals surface area contributed by atoms with Gasteiger partial charge in [0.2, 0.25) is 0 Å². The summed E-state index contributed by atoms with van der Waals surface area (Å²) in [5.41, 5.74) is -2.76. The van der Waals surface area contributed by atoms with Crippen molar-refractivity contribution in [2.75, 3.05) is 0 Å². The van der Waals surface area contributed by atoms with Gasteiger partial charge >= 0.3 is 89.5 Å². The van der Waals surface area contributed by atoms with E-state index in [0.717, 1.165) is 59.0 Å². The third-order valence-corrected chi connectivity index (χ3v) is 8.23. The SMILES string of the molecule is CCc1cc2c(-c3cc(C(F)(F)F)cc(C(F)(F)F)c3)cccc2[cH-]1.CCc1cc2c(-c3cc(C(F)(F)F)cc(C(F)(F)F)c3)cccc2[cH-]1.[CH3][Ge][CH3].[Cl][Zr+2][Cl]. The Morgan fingerprint density at radius 3 is 1.00 bits per heavy atom. The molecular weight excluding hydrogens is 943 g/mol. The molecule has 0 aliphatic heterocycles. The van der Waals surface area contributed by atoms with E-state index in [2.05, 4.69) is 11.5 Å². The van der Waals surface area contributed by atoms with E-state index in [1.54, 1.807) is 36.4 Å². The number of hydrogen-bond donors (Lipinski definition) is 0. The minimum absolute atomic E-state index is 0.0963. The van der Waals surface area contributed by atoms with Gasteiger partial charge in [0.15, 0.2) is 0 Å². The van der Waals surface area contributed by atoms with Gasteiger partial charge in [0, 0.05) is 0 Å². The van der Waals surface area contributed by atoms with E-state index in [9.17, 15) is 52.7 Å². The standard InChI is InChI=1S/2C19H13F6.C2H6Ge.2ClH.Zr/c2*1-2-11-6-12-4-3-5-16(17(12)7-11)13-8-14(18(20,21)22)10-15(9-13)19(23,24)25;1-3-2;;;/h2*3-10H,2H2,1H3;1-2H3;2*1H;/q2*-1;;;;+4/p-2. The second-order valence-electron chi connectivity index (χ2n) is 12.2. The number of hydrogen-bond acceptors (Lipinski definition) is 0. The topological polar surface area (TPSA) is 0 Å². The van der Waals surface area contributed by atoms with Crippen molar-refractivity contribution in [2.24, 2.45) is 0 Å². The van der Waals surface area contributed by atoms with E-state index >= 15 is 0 Å². The van der Waals surface area contributed by atoms with Crippen LogP contribution in [0.4, 0.5) is 52.7 Å². The van der Waals surface area contributed by atoms with Gasteiger partial charge in [0.05, 0.1) is 22.3 Å². The van der Waals surface area contributed by atoms with Crippen LogP contribution in [0, 0.1) is 0 Å². The van der Waals surface area contributed by atoms with Crippen LogP contribution in [0.5, 0.6) is 0 Å².